The van der Waals surface area contributed by atoms with Crippen molar-refractivity contribution in [1.82, 2.24) is 29.5 Å². The maximum Gasteiger partial charge on any atom is 0.207 e. The molecule has 0 fully saturated rings. The molecular weight excluding hydrogens is 218 g/mol. The molecule has 3 aromatic rings. The third kappa shape index (κ3) is 1.40. The molecular formula is C10H9N7. The molecule has 84 valence electrons. The van der Waals surface area contributed by atoms with Crippen LogP contribution in [0.2, 0.25) is 0 Å². The Hall–Kier alpha value is -2.57. The van der Waals surface area contributed by atoms with Gasteiger partial charge in [0.05, 0.1) is 11.3 Å². The van der Waals surface area contributed by atoms with Gasteiger partial charge in [-0.15, -0.1) is 10.2 Å². The normalized spacial score (nSPS) is 10.9. The highest BCUT2D eigenvalue weighted by molar-refractivity contribution is 5.62. The molecule has 0 aromatic carbocycles. The molecule has 0 amide bonds. The van der Waals surface area contributed by atoms with Crippen LogP contribution in [0.15, 0.2) is 24.8 Å². The maximum atomic E-state index is 5.82. The molecule has 7 heteroatoms. The Morgan fingerprint density at radius 2 is 2.12 bits per heavy atom. The Bertz CT molecular complexity index is 688. The van der Waals surface area contributed by atoms with Crippen LogP contribution < -0.4 is 5.73 Å². The third-order valence-corrected chi connectivity index (χ3v) is 2.50. The standard InChI is InChI=1S/C10H9N7/c1-6-7(4-12-5-14-6)9-16-15-8-2-3-13-10(11)17(8)9/h2-5H,1H3,(H2,11,13). The lowest BCUT2D eigenvalue weighted by Crippen LogP contribution is -2.02. The van der Waals surface area contributed by atoms with Gasteiger partial charge in [0.25, 0.3) is 0 Å². The van der Waals surface area contributed by atoms with Crippen LogP contribution in [-0.2, 0) is 0 Å². The zero-order valence-electron chi connectivity index (χ0n) is 9.07. The summed E-state index contributed by atoms with van der Waals surface area (Å²) in [5.74, 6) is 0.939. The summed E-state index contributed by atoms with van der Waals surface area (Å²) in [5, 5.41) is 8.13. The van der Waals surface area contributed by atoms with Gasteiger partial charge < -0.3 is 5.73 Å². The molecule has 0 saturated heterocycles. The van der Waals surface area contributed by atoms with Gasteiger partial charge in [0.15, 0.2) is 11.5 Å². The first-order chi connectivity index (χ1) is 8.27. The van der Waals surface area contributed by atoms with Crippen molar-refractivity contribution in [2.24, 2.45) is 0 Å². The summed E-state index contributed by atoms with van der Waals surface area (Å²) < 4.78 is 1.67. The van der Waals surface area contributed by atoms with Crippen molar-refractivity contribution in [2.45, 2.75) is 6.92 Å². The van der Waals surface area contributed by atoms with Crippen LogP contribution in [0.25, 0.3) is 17.0 Å². The van der Waals surface area contributed by atoms with Gasteiger partial charge in [-0.1, -0.05) is 0 Å². The minimum atomic E-state index is 0.339. The monoisotopic (exact) mass is 227 g/mol. The van der Waals surface area contributed by atoms with E-state index in [2.05, 4.69) is 25.1 Å². The van der Waals surface area contributed by atoms with Crippen molar-refractivity contribution >= 4 is 11.6 Å². The fourth-order valence-corrected chi connectivity index (χ4v) is 1.65. The van der Waals surface area contributed by atoms with Gasteiger partial charge in [-0.2, -0.15) is 0 Å². The number of nitrogens with zero attached hydrogens (tertiary/aromatic N) is 6. The average molecular weight is 227 g/mol. The van der Waals surface area contributed by atoms with Gasteiger partial charge in [0.2, 0.25) is 5.95 Å². The SMILES string of the molecule is Cc1ncncc1-c1nnc2ccnc(N)n12. The van der Waals surface area contributed by atoms with E-state index in [-0.39, 0.29) is 0 Å². The second kappa shape index (κ2) is 3.48. The summed E-state index contributed by atoms with van der Waals surface area (Å²) in [6, 6.07) is 1.74. The second-order valence-electron chi connectivity index (χ2n) is 3.54. The Kier molecular flexibility index (Phi) is 1.97. The Balaban J connectivity index is 2.36. The number of fused-ring (bicyclic) bond motifs is 1. The molecule has 0 bridgehead atoms. The number of nitrogen functional groups attached to an aromatic ring is 1. The van der Waals surface area contributed by atoms with Crippen molar-refractivity contribution in [2.75, 3.05) is 5.73 Å². The van der Waals surface area contributed by atoms with E-state index in [1.54, 1.807) is 22.9 Å². The number of rotatable bonds is 1. The fourth-order valence-electron chi connectivity index (χ4n) is 1.65. The van der Waals surface area contributed by atoms with E-state index in [9.17, 15) is 0 Å². The fraction of sp³-hybridized carbons (Fsp3) is 0.100. The molecule has 3 aromatic heterocycles. The number of aromatic nitrogens is 6. The van der Waals surface area contributed by atoms with Crippen LogP contribution in [-0.4, -0.2) is 29.5 Å². The molecule has 0 saturated carbocycles. The largest absolute Gasteiger partial charge is 0.369 e. The Morgan fingerprint density at radius 3 is 2.94 bits per heavy atom. The smallest absolute Gasteiger partial charge is 0.207 e. The third-order valence-electron chi connectivity index (χ3n) is 2.50. The minimum absolute atomic E-state index is 0.339. The average Bonchev–Trinajstić information content (AvgIpc) is 2.75. The van der Waals surface area contributed by atoms with E-state index < -0.39 is 0 Å². The lowest BCUT2D eigenvalue weighted by atomic mass is 10.2. The molecule has 7 nitrogen and oxygen atoms in total. The number of hydrogen-bond donors (Lipinski definition) is 1. The summed E-state index contributed by atoms with van der Waals surface area (Å²) in [4.78, 5) is 12.1. The van der Waals surface area contributed by atoms with E-state index in [0.717, 1.165) is 11.3 Å². The first kappa shape index (κ1) is 9.64. The van der Waals surface area contributed by atoms with E-state index in [4.69, 9.17) is 5.73 Å². The topological polar surface area (TPSA) is 94.9 Å². The maximum absolute atomic E-state index is 5.82. The molecule has 0 aliphatic carbocycles. The summed E-state index contributed by atoms with van der Waals surface area (Å²) in [6.45, 7) is 1.88. The highest BCUT2D eigenvalue weighted by atomic mass is 15.3. The molecule has 3 heterocycles. The number of aryl methyl sites for hydroxylation is 1. The van der Waals surface area contributed by atoms with Gasteiger partial charge in [0.1, 0.15) is 6.33 Å². The lowest BCUT2D eigenvalue weighted by molar-refractivity contribution is 1.05. The van der Waals surface area contributed by atoms with Crippen molar-refractivity contribution < 1.29 is 0 Å². The molecule has 2 N–H and O–H groups in total. The summed E-state index contributed by atoms with van der Waals surface area (Å²) in [6.07, 6.45) is 4.77. The summed E-state index contributed by atoms with van der Waals surface area (Å²) in [7, 11) is 0. The minimum Gasteiger partial charge on any atom is -0.369 e. The van der Waals surface area contributed by atoms with Crippen LogP contribution >= 0.6 is 0 Å². The van der Waals surface area contributed by atoms with Crippen molar-refractivity contribution in [3.05, 3.63) is 30.5 Å². The number of anilines is 1. The molecule has 0 aliphatic heterocycles. The molecule has 0 aliphatic rings. The van der Waals surface area contributed by atoms with Gasteiger partial charge in [-0.25, -0.2) is 19.4 Å². The van der Waals surface area contributed by atoms with E-state index in [1.165, 1.54) is 6.33 Å². The highest BCUT2D eigenvalue weighted by Gasteiger charge is 2.13. The van der Waals surface area contributed by atoms with Crippen LogP contribution in [0, 0.1) is 6.92 Å². The zero-order valence-corrected chi connectivity index (χ0v) is 9.07. The summed E-state index contributed by atoms with van der Waals surface area (Å²) in [5.41, 5.74) is 8.08. The number of nitrogens with two attached hydrogens (primary N) is 1. The van der Waals surface area contributed by atoms with Crippen molar-refractivity contribution in [1.29, 1.82) is 0 Å². The zero-order chi connectivity index (χ0) is 11.8. The van der Waals surface area contributed by atoms with Crippen molar-refractivity contribution in [3.63, 3.8) is 0 Å². The first-order valence-corrected chi connectivity index (χ1v) is 5.00. The molecule has 3 rings (SSSR count). The predicted molar refractivity (Wildman–Crippen MR) is 61.0 cm³/mol. The van der Waals surface area contributed by atoms with E-state index in [0.29, 0.717) is 17.4 Å². The predicted octanol–water partition coefficient (Wildman–Crippen LogP) is 0.472. The van der Waals surface area contributed by atoms with Gasteiger partial charge >= 0.3 is 0 Å². The van der Waals surface area contributed by atoms with E-state index >= 15 is 0 Å². The van der Waals surface area contributed by atoms with Crippen molar-refractivity contribution in [3.8, 4) is 11.4 Å². The van der Waals surface area contributed by atoms with Gasteiger partial charge in [-0.05, 0) is 6.92 Å². The Labute approximate surface area is 96.4 Å². The molecule has 17 heavy (non-hydrogen) atoms. The molecule has 0 radical (unpaired) electrons. The summed E-state index contributed by atoms with van der Waals surface area (Å²) >= 11 is 0. The van der Waals surface area contributed by atoms with Crippen LogP contribution in [0.5, 0.6) is 0 Å². The first-order valence-electron chi connectivity index (χ1n) is 5.00. The molecule has 0 spiro atoms. The number of hydrogen-bond acceptors (Lipinski definition) is 6. The Morgan fingerprint density at radius 1 is 1.24 bits per heavy atom. The lowest BCUT2D eigenvalue weighted by Gasteiger charge is -2.03. The highest BCUT2D eigenvalue weighted by Crippen LogP contribution is 2.20. The van der Waals surface area contributed by atoms with E-state index in [1.807, 2.05) is 6.92 Å². The van der Waals surface area contributed by atoms with Gasteiger partial charge in [-0.3, -0.25) is 0 Å². The second-order valence-corrected chi connectivity index (χ2v) is 3.54. The quantitative estimate of drug-likeness (QED) is 0.649. The molecule has 0 atom stereocenters. The van der Waals surface area contributed by atoms with Gasteiger partial charge in [0, 0.05) is 18.5 Å². The van der Waals surface area contributed by atoms with Crippen LogP contribution in [0.4, 0.5) is 5.95 Å². The van der Waals surface area contributed by atoms with Crippen LogP contribution in [0.1, 0.15) is 5.69 Å². The van der Waals surface area contributed by atoms with Crippen LogP contribution in [0.3, 0.4) is 0 Å². The molecule has 0 unspecified atom stereocenters.